The van der Waals surface area contributed by atoms with Crippen LogP contribution in [0.25, 0.3) is 0 Å². The molecule has 0 saturated carbocycles. The highest BCUT2D eigenvalue weighted by molar-refractivity contribution is 5.78. The molecule has 0 aromatic rings. The van der Waals surface area contributed by atoms with Gasteiger partial charge in [-0.3, -0.25) is 9.69 Å². The van der Waals surface area contributed by atoms with Crippen molar-refractivity contribution in [3.63, 3.8) is 0 Å². The molecular formula is C13H25NO4. The molecule has 0 unspecified atom stereocenters. The minimum Gasteiger partial charge on any atom is -0.464 e. The average molecular weight is 259 g/mol. The van der Waals surface area contributed by atoms with Crippen LogP contribution in [0.5, 0.6) is 0 Å². The molecule has 1 amide bonds. The Balaban J connectivity index is 3.88. The van der Waals surface area contributed by atoms with Gasteiger partial charge in [0.05, 0.1) is 13.2 Å². The number of amides is 1. The van der Waals surface area contributed by atoms with Gasteiger partial charge in [-0.05, 0) is 19.8 Å². The van der Waals surface area contributed by atoms with Gasteiger partial charge in [-0.15, -0.1) is 0 Å². The highest BCUT2D eigenvalue weighted by Crippen LogP contribution is 1.98. The molecule has 0 aromatic heterocycles. The third kappa shape index (κ3) is 7.92. The standard InChI is InChI=1S/C13H25NO4/c1-4-7-8-10-17-12(15)11-14(6-3)13(16)18-9-5-2/h4-11H2,1-3H3. The molecule has 0 aliphatic carbocycles. The second-order valence-corrected chi connectivity index (χ2v) is 4.06. The van der Waals surface area contributed by atoms with E-state index in [1.807, 2.05) is 6.92 Å². The van der Waals surface area contributed by atoms with Crippen LogP contribution in [0.15, 0.2) is 0 Å². The molecule has 0 rings (SSSR count). The predicted octanol–water partition coefficient (Wildman–Crippen LogP) is 2.59. The van der Waals surface area contributed by atoms with Gasteiger partial charge in [-0.2, -0.15) is 0 Å². The number of hydrogen-bond acceptors (Lipinski definition) is 4. The molecule has 0 aromatic carbocycles. The summed E-state index contributed by atoms with van der Waals surface area (Å²) in [6, 6.07) is 0. The largest absolute Gasteiger partial charge is 0.464 e. The minimum atomic E-state index is -0.454. The van der Waals surface area contributed by atoms with Gasteiger partial charge >= 0.3 is 12.1 Å². The van der Waals surface area contributed by atoms with Crippen LogP contribution in [0, 0.1) is 0 Å². The zero-order valence-corrected chi connectivity index (χ0v) is 11.7. The van der Waals surface area contributed by atoms with E-state index in [0.717, 1.165) is 25.7 Å². The first-order valence-corrected chi connectivity index (χ1v) is 6.72. The molecule has 0 N–H and O–H groups in total. The molecule has 5 nitrogen and oxygen atoms in total. The van der Waals surface area contributed by atoms with Crippen LogP contribution < -0.4 is 0 Å². The summed E-state index contributed by atoms with van der Waals surface area (Å²) in [4.78, 5) is 24.4. The van der Waals surface area contributed by atoms with Crippen LogP contribution >= 0.6 is 0 Å². The van der Waals surface area contributed by atoms with Crippen molar-refractivity contribution in [2.45, 2.75) is 46.5 Å². The Morgan fingerprint density at radius 3 is 2.22 bits per heavy atom. The van der Waals surface area contributed by atoms with E-state index >= 15 is 0 Å². The highest BCUT2D eigenvalue weighted by Gasteiger charge is 2.17. The first kappa shape index (κ1) is 16.7. The summed E-state index contributed by atoms with van der Waals surface area (Å²) in [5, 5.41) is 0. The fraction of sp³-hybridized carbons (Fsp3) is 0.846. The van der Waals surface area contributed by atoms with Crippen molar-refractivity contribution in [3.05, 3.63) is 0 Å². The van der Waals surface area contributed by atoms with E-state index in [2.05, 4.69) is 6.92 Å². The van der Waals surface area contributed by atoms with Gasteiger partial charge in [0.2, 0.25) is 0 Å². The van der Waals surface area contributed by atoms with E-state index in [-0.39, 0.29) is 12.5 Å². The van der Waals surface area contributed by atoms with Gasteiger partial charge in [0.25, 0.3) is 0 Å². The quantitative estimate of drug-likeness (QED) is 0.472. The second-order valence-electron chi connectivity index (χ2n) is 4.06. The van der Waals surface area contributed by atoms with Crippen LogP contribution in [0.1, 0.15) is 46.5 Å². The van der Waals surface area contributed by atoms with E-state index in [4.69, 9.17) is 9.47 Å². The van der Waals surface area contributed by atoms with Crippen molar-refractivity contribution in [1.29, 1.82) is 0 Å². The molecule has 0 heterocycles. The summed E-state index contributed by atoms with van der Waals surface area (Å²) >= 11 is 0. The van der Waals surface area contributed by atoms with E-state index in [1.165, 1.54) is 4.90 Å². The Labute approximate surface area is 109 Å². The molecule has 106 valence electrons. The van der Waals surface area contributed by atoms with Crippen LogP contribution in [0.4, 0.5) is 4.79 Å². The Morgan fingerprint density at radius 2 is 1.67 bits per heavy atom. The molecule has 0 atom stereocenters. The SMILES string of the molecule is CCCCCOC(=O)CN(CC)C(=O)OCCC. The number of nitrogens with zero attached hydrogens (tertiary/aromatic N) is 1. The van der Waals surface area contributed by atoms with E-state index < -0.39 is 6.09 Å². The van der Waals surface area contributed by atoms with Crippen molar-refractivity contribution in [3.8, 4) is 0 Å². The molecule has 0 bridgehead atoms. The summed E-state index contributed by atoms with van der Waals surface area (Å²) in [5.41, 5.74) is 0. The van der Waals surface area contributed by atoms with E-state index in [9.17, 15) is 9.59 Å². The summed E-state index contributed by atoms with van der Waals surface area (Å²) < 4.78 is 10.0. The third-order valence-corrected chi connectivity index (χ3v) is 2.40. The lowest BCUT2D eigenvalue weighted by Crippen LogP contribution is -2.36. The maximum atomic E-state index is 11.5. The molecule has 5 heteroatoms. The smallest absolute Gasteiger partial charge is 0.410 e. The van der Waals surface area contributed by atoms with Gasteiger partial charge in [0.1, 0.15) is 6.54 Å². The minimum absolute atomic E-state index is 0.0365. The molecular weight excluding hydrogens is 234 g/mol. The number of rotatable bonds is 9. The van der Waals surface area contributed by atoms with Crippen molar-refractivity contribution in [2.24, 2.45) is 0 Å². The molecule has 0 aliphatic heterocycles. The zero-order chi connectivity index (χ0) is 13.8. The lowest BCUT2D eigenvalue weighted by molar-refractivity contribution is -0.144. The highest BCUT2D eigenvalue weighted by atomic mass is 16.6. The molecule has 0 fully saturated rings. The normalized spacial score (nSPS) is 9.94. The lowest BCUT2D eigenvalue weighted by atomic mass is 10.3. The van der Waals surface area contributed by atoms with Crippen LogP contribution in [0.2, 0.25) is 0 Å². The van der Waals surface area contributed by atoms with Crippen LogP contribution in [0.3, 0.4) is 0 Å². The van der Waals surface area contributed by atoms with Crippen LogP contribution in [-0.2, 0) is 14.3 Å². The summed E-state index contributed by atoms with van der Waals surface area (Å²) in [7, 11) is 0. The summed E-state index contributed by atoms with van der Waals surface area (Å²) in [6.45, 7) is 7.01. The summed E-state index contributed by atoms with van der Waals surface area (Å²) in [6.07, 6.45) is 3.31. The molecule has 0 radical (unpaired) electrons. The Bertz CT molecular complexity index is 243. The van der Waals surface area contributed by atoms with Crippen molar-refractivity contribution in [2.75, 3.05) is 26.3 Å². The number of esters is 1. The van der Waals surface area contributed by atoms with Gasteiger partial charge in [-0.1, -0.05) is 26.7 Å². The zero-order valence-electron chi connectivity index (χ0n) is 11.7. The fourth-order valence-corrected chi connectivity index (χ4v) is 1.33. The Hall–Kier alpha value is -1.26. The topological polar surface area (TPSA) is 55.8 Å². The first-order valence-electron chi connectivity index (χ1n) is 6.72. The number of ether oxygens (including phenoxy) is 2. The van der Waals surface area contributed by atoms with E-state index in [0.29, 0.717) is 19.8 Å². The number of unbranched alkanes of at least 4 members (excludes halogenated alkanes) is 2. The lowest BCUT2D eigenvalue weighted by Gasteiger charge is -2.19. The predicted molar refractivity (Wildman–Crippen MR) is 69.4 cm³/mol. The molecule has 0 aliphatic rings. The van der Waals surface area contributed by atoms with Crippen LogP contribution in [-0.4, -0.2) is 43.3 Å². The fourth-order valence-electron chi connectivity index (χ4n) is 1.33. The number of carbonyl (C=O) groups excluding carboxylic acids is 2. The molecule has 18 heavy (non-hydrogen) atoms. The third-order valence-electron chi connectivity index (χ3n) is 2.40. The molecule has 0 spiro atoms. The molecule has 0 saturated heterocycles. The van der Waals surface area contributed by atoms with Crippen molar-refractivity contribution in [1.82, 2.24) is 4.90 Å². The number of carbonyl (C=O) groups is 2. The monoisotopic (exact) mass is 259 g/mol. The Morgan fingerprint density at radius 1 is 0.944 bits per heavy atom. The van der Waals surface area contributed by atoms with Crippen molar-refractivity contribution < 1.29 is 19.1 Å². The average Bonchev–Trinajstić information content (AvgIpc) is 2.38. The Kier molecular flexibility index (Phi) is 10.1. The van der Waals surface area contributed by atoms with E-state index in [1.54, 1.807) is 6.92 Å². The maximum Gasteiger partial charge on any atom is 0.410 e. The second kappa shape index (κ2) is 10.9. The number of likely N-dealkylation sites (N-methyl/N-ethyl adjacent to an activating group) is 1. The van der Waals surface area contributed by atoms with Gasteiger partial charge in [0, 0.05) is 6.54 Å². The summed E-state index contributed by atoms with van der Waals surface area (Å²) in [5.74, 6) is -0.374. The van der Waals surface area contributed by atoms with Gasteiger partial charge in [-0.25, -0.2) is 4.79 Å². The van der Waals surface area contributed by atoms with Gasteiger partial charge < -0.3 is 9.47 Å². The maximum absolute atomic E-state index is 11.5. The first-order chi connectivity index (χ1) is 8.65. The van der Waals surface area contributed by atoms with Gasteiger partial charge in [0.15, 0.2) is 0 Å². The van der Waals surface area contributed by atoms with Crippen molar-refractivity contribution >= 4 is 12.1 Å². The number of hydrogen-bond donors (Lipinski definition) is 0.